The normalized spacial score (nSPS) is 15.4. The molecule has 4 nitrogen and oxygen atoms in total. The third-order valence-corrected chi connectivity index (χ3v) is 3.65. The molecule has 0 unspecified atom stereocenters. The van der Waals surface area contributed by atoms with Gasteiger partial charge in [-0.3, -0.25) is 9.69 Å². The maximum atomic E-state index is 11.3. The monoisotopic (exact) mass is 286 g/mol. The van der Waals surface area contributed by atoms with E-state index < -0.39 is 0 Å². The second-order valence-electron chi connectivity index (χ2n) is 5.25. The highest BCUT2D eigenvalue weighted by atomic mass is 16.2. The molecule has 1 saturated heterocycles. The topological polar surface area (TPSA) is 43.8 Å². The first-order valence-electron chi connectivity index (χ1n) is 7.35. The zero-order chi connectivity index (χ0) is 15.1. The van der Waals surface area contributed by atoms with Crippen molar-refractivity contribution in [2.75, 3.05) is 32.8 Å². The number of benzene rings is 1. The Labute approximate surface area is 126 Å². The van der Waals surface area contributed by atoms with Crippen LogP contribution >= 0.6 is 0 Å². The van der Waals surface area contributed by atoms with Crippen LogP contribution in [-0.2, 0) is 11.3 Å². The zero-order valence-electron chi connectivity index (χ0n) is 12.5. The Morgan fingerprint density at radius 1 is 1.19 bits per heavy atom. The maximum absolute atomic E-state index is 11.3. The standard InChI is InChI=1S/C17H22N2O2/c1-15(21)19-11-9-18(10-12-19)14-17-7-5-16(6-8-17)4-2-3-13-20/h5-8,20H,3,9-14H2,1H3. The predicted octanol–water partition coefficient (Wildman–Crippen LogP) is 1.08. The summed E-state index contributed by atoms with van der Waals surface area (Å²) in [6, 6.07) is 8.23. The molecular formula is C17H22N2O2. The van der Waals surface area contributed by atoms with Crippen molar-refractivity contribution in [1.29, 1.82) is 0 Å². The van der Waals surface area contributed by atoms with Gasteiger partial charge in [0.2, 0.25) is 5.91 Å². The maximum Gasteiger partial charge on any atom is 0.219 e. The van der Waals surface area contributed by atoms with Crippen LogP contribution in [0.5, 0.6) is 0 Å². The van der Waals surface area contributed by atoms with Crippen molar-refractivity contribution in [2.24, 2.45) is 0 Å². The molecule has 2 rings (SSSR count). The number of nitrogens with zero attached hydrogens (tertiary/aromatic N) is 2. The fourth-order valence-corrected chi connectivity index (χ4v) is 2.39. The lowest BCUT2D eigenvalue weighted by molar-refractivity contribution is -0.130. The van der Waals surface area contributed by atoms with E-state index in [-0.39, 0.29) is 12.5 Å². The van der Waals surface area contributed by atoms with Gasteiger partial charge in [0.15, 0.2) is 0 Å². The summed E-state index contributed by atoms with van der Waals surface area (Å²) < 4.78 is 0. The highest BCUT2D eigenvalue weighted by Crippen LogP contribution is 2.10. The molecule has 0 saturated carbocycles. The molecule has 1 aromatic rings. The molecule has 1 fully saturated rings. The Balaban J connectivity index is 1.84. The minimum absolute atomic E-state index is 0.108. The van der Waals surface area contributed by atoms with Crippen molar-refractivity contribution in [3.05, 3.63) is 35.4 Å². The number of piperazine rings is 1. The van der Waals surface area contributed by atoms with Crippen LogP contribution in [0.4, 0.5) is 0 Å². The summed E-state index contributed by atoms with van der Waals surface area (Å²) >= 11 is 0. The van der Waals surface area contributed by atoms with E-state index in [1.165, 1.54) is 5.56 Å². The van der Waals surface area contributed by atoms with Crippen molar-refractivity contribution in [3.63, 3.8) is 0 Å². The molecule has 1 amide bonds. The van der Waals surface area contributed by atoms with Crippen LogP contribution in [0, 0.1) is 11.8 Å². The molecule has 112 valence electrons. The molecule has 0 aliphatic carbocycles. The van der Waals surface area contributed by atoms with E-state index in [1.807, 2.05) is 17.0 Å². The van der Waals surface area contributed by atoms with Gasteiger partial charge in [-0.15, -0.1) is 0 Å². The smallest absolute Gasteiger partial charge is 0.219 e. The molecule has 0 spiro atoms. The SMILES string of the molecule is CC(=O)N1CCN(Cc2ccc(C#CCCO)cc2)CC1. The molecule has 1 aliphatic rings. The highest BCUT2D eigenvalue weighted by molar-refractivity contribution is 5.73. The average Bonchev–Trinajstić information content (AvgIpc) is 2.50. The minimum Gasteiger partial charge on any atom is -0.395 e. The third-order valence-electron chi connectivity index (χ3n) is 3.65. The molecule has 0 radical (unpaired) electrons. The summed E-state index contributed by atoms with van der Waals surface area (Å²) in [6.07, 6.45) is 0.516. The van der Waals surface area contributed by atoms with Gasteiger partial charge >= 0.3 is 0 Å². The molecule has 0 bridgehead atoms. The Bertz CT molecular complexity index is 520. The number of carbonyl (C=O) groups excluding carboxylic acids is 1. The number of rotatable bonds is 3. The van der Waals surface area contributed by atoms with Crippen LogP contribution in [0.15, 0.2) is 24.3 Å². The van der Waals surface area contributed by atoms with E-state index in [0.29, 0.717) is 6.42 Å². The molecule has 4 heteroatoms. The quantitative estimate of drug-likeness (QED) is 0.846. The van der Waals surface area contributed by atoms with Crippen LogP contribution in [0.3, 0.4) is 0 Å². The number of aliphatic hydroxyl groups is 1. The van der Waals surface area contributed by atoms with Crippen molar-refractivity contribution in [1.82, 2.24) is 9.80 Å². The summed E-state index contributed by atoms with van der Waals surface area (Å²) in [5.41, 5.74) is 2.24. The largest absolute Gasteiger partial charge is 0.395 e. The summed E-state index contributed by atoms with van der Waals surface area (Å²) in [4.78, 5) is 15.6. The fourth-order valence-electron chi connectivity index (χ4n) is 2.39. The molecule has 0 aromatic heterocycles. The molecular weight excluding hydrogens is 264 g/mol. The van der Waals surface area contributed by atoms with Gasteiger partial charge in [0.1, 0.15) is 0 Å². The van der Waals surface area contributed by atoms with Gasteiger partial charge in [-0.25, -0.2) is 0 Å². The lowest BCUT2D eigenvalue weighted by Gasteiger charge is -2.34. The number of amides is 1. The first-order valence-corrected chi connectivity index (χ1v) is 7.35. The molecule has 21 heavy (non-hydrogen) atoms. The van der Waals surface area contributed by atoms with Gasteiger partial charge in [-0.2, -0.15) is 0 Å². The Hall–Kier alpha value is -1.83. The predicted molar refractivity (Wildman–Crippen MR) is 82.6 cm³/mol. The van der Waals surface area contributed by atoms with Crippen LogP contribution in [0.25, 0.3) is 0 Å². The second-order valence-corrected chi connectivity index (χ2v) is 5.25. The number of hydrogen-bond donors (Lipinski definition) is 1. The summed E-state index contributed by atoms with van der Waals surface area (Å²) in [6.45, 7) is 6.15. The van der Waals surface area contributed by atoms with Gasteiger partial charge in [-0.05, 0) is 17.7 Å². The molecule has 1 aliphatic heterocycles. The summed E-state index contributed by atoms with van der Waals surface area (Å²) in [5, 5.41) is 8.69. The number of aliphatic hydroxyl groups excluding tert-OH is 1. The lowest BCUT2D eigenvalue weighted by atomic mass is 10.1. The van der Waals surface area contributed by atoms with E-state index >= 15 is 0 Å². The van der Waals surface area contributed by atoms with Crippen molar-refractivity contribution in [2.45, 2.75) is 19.9 Å². The summed E-state index contributed by atoms with van der Waals surface area (Å²) in [5.74, 6) is 6.11. The molecule has 1 N–H and O–H groups in total. The first kappa shape index (κ1) is 15.6. The Morgan fingerprint density at radius 2 is 1.86 bits per heavy atom. The molecule has 0 atom stereocenters. The number of hydrogen-bond acceptors (Lipinski definition) is 3. The average molecular weight is 286 g/mol. The third kappa shape index (κ3) is 4.89. The van der Waals surface area contributed by atoms with Crippen LogP contribution in [-0.4, -0.2) is 53.6 Å². The molecule has 1 heterocycles. The van der Waals surface area contributed by atoms with Crippen molar-refractivity contribution in [3.8, 4) is 11.8 Å². The van der Waals surface area contributed by atoms with E-state index in [9.17, 15) is 4.79 Å². The van der Waals surface area contributed by atoms with E-state index in [0.717, 1.165) is 38.3 Å². The van der Waals surface area contributed by atoms with Crippen molar-refractivity contribution >= 4 is 5.91 Å². The minimum atomic E-state index is 0.108. The zero-order valence-corrected chi connectivity index (χ0v) is 12.5. The Morgan fingerprint density at radius 3 is 2.43 bits per heavy atom. The van der Waals surface area contributed by atoms with Crippen LogP contribution in [0.1, 0.15) is 24.5 Å². The number of carbonyl (C=O) groups is 1. The van der Waals surface area contributed by atoms with E-state index in [4.69, 9.17) is 5.11 Å². The van der Waals surface area contributed by atoms with Gasteiger partial charge in [0.05, 0.1) is 6.61 Å². The van der Waals surface area contributed by atoms with Gasteiger partial charge in [0.25, 0.3) is 0 Å². The van der Waals surface area contributed by atoms with Gasteiger partial charge < -0.3 is 10.0 Å². The fraction of sp³-hybridized carbons (Fsp3) is 0.471. The van der Waals surface area contributed by atoms with E-state index in [1.54, 1.807) is 6.92 Å². The highest BCUT2D eigenvalue weighted by Gasteiger charge is 2.18. The van der Waals surface area contributed by atoms with Gasteiger partial charge in [-0.1, -0.05) is 24.0 Å². The van der Waals surface area contributed by atoms with Crippen molar-refractivity contribution < 1.29 is 9.90 Å². The Kier molecular flexibility index (Phi) is 5.79. The second kappa shape index (κ2) is 7.82. The molecule has 1 aromatic carbocycles. The van der Waals surface area contributed by atoms with Gasteiger partial charge in [0, 0.05) is 51.6 Å². The van der Waals surface area contributed by atoms with E-state index in [2.05, 4.69) is 28.9 Å². The lowest BCUT2D eigenvalue weighted by Crippen LogP contribution is -2.47. The van der Waals surface area contributed by atoms with Crippen LogP contribution < -0.4 is 0 Å². The summed E-state index contributed by atoms with van der Waals surface area (Å²) in [7, 11) is 0. The first-order chi connectivity index (χ1) is 10.2. The van der Waals surface area contributed by atoms with Crippen LogP contribution in [0.2, 0.25) is 0 Å².